The van der Waals surface area contributed by atoms with Crippen LogP contribution in [-0.2, 0) is 0 Å². The van der Waals surface area contributed by atoms with Crippen molar-refractivity contribution in [3.05, 3.63) is 44.4 Å². The van der Waals surface area contributed by atoms with E-state index in [0.717, 1.165) is 0 Å². The molecule has 0 aliphatic rings. The molecule has 0 spiro atoms. The first-order valence-corrected chi connectivity index (χ1v) is 6.98. The van der Waals surface area contributed by atoms with Gasteiger partial charge in [-0.3, -0.25) is 0 Å². The smallest absolute Gasteiger partial charge is 0.228 e. The summed E-state index contributed by atoms with van der Waals surface area (Å²) in [5, 5.41) is 1.53. The highest BCUT2D eigenvalue weighted by Gasteiger charge is 2.17. The summed E-state index contributed by atoms with van der Waals surface area (Å²) >= 11 is 24.1. The molecule has 20 heavy (non-hydrogen) atoms. The minimum absolute atomic E-state index is 0.257. The molecule has 0 saturated heterocycles. The molecule has 3 rings (SSSR count). The van der Waals surface area contributed by atoms with Crippen LogP contribution < -0.4 is 5.73 Å². The molecule has 0 atom stereocenters. The van der Waals surface area contributed by atoms with E-state index in [1.807, 2.05) is 0 Å². The fraction of sp³-hybridized carbons (Fsp3) is 0. The maximum atomic E-state index is 6.13. The lowest BCUT2D eigenvalue weighted by Crippen LogP contribution is -1.88. The number of aromatic nitrogens is 1. The van der Waals surface area contributed by atoms with E-state index in [4.69, 9.17) is 56.6 Å². The molecule has 3 nitrogen and oxygen atoms in total. The highest BCUT2D eigenvalue weighted by atomic mass is 35.5. The Hall–Kier alpha value is -1.13. The monoisotopic (exact) mass is 346 g/mol. The van der Waals surface area contributed by atoms with Crippen molar-refractivity contribution in [1.82, 2.24) is 4.98 Å². The molecule has 0 aliphatic carbocycles. The van der Waals surface area contributed by atoms with Crippen molar-refractivity contribution in [3.8, 4) is 11.5 Å². The fourth-order valence-corrected chi connectivity index (χ4v) is 2.76. The van der Waals surface area contributed by atoms with Gasteiger partial charge in [0.15, 0.2) is 5.58 Å². The summed E-state index contributed by atoms with van der Waals surface area (Å²) in [5.74, 6) is 0.324. The van der Waals surface area contributed by atoms with Crippen LogP contribution in [0.5, 0.6) is 0 Å². The van der Waals surface area contributed by atoms with Gasteiger partial charge in [0.25, 0.3) is 0 Å². The minimum Gasteiger partial charge on any atom is -0.436 e. The van der Waals surface area contributed by atoms with Gasteiger partial charge in [-0.25, -0.2) is 4.98 Å². The Morgan fingerprint density at radius 2 is 1.75 bits per heavy atom. The molecule has 3 aromatic rings. The van der Waals surface area contributed by atoms with Gasteiger partial charge in [-0.1, -0.05) is 46.4 Å². The Bertz CT molecular complexity index is 829. The molecule has 7 heteroatoms. The number of oxazole rings is 1. The van der Waals surface area contributed by atoms with Crippen molar-refractivity contribution < 1.29 is 4.42 Å². The molecule has 0 saturated carbocycles. The molecule has 2 N–H and O–H groups in total. The standard InChI is InChI=1S/C13H6Cl4N2O/c14-5-1-2-6(7(15)3-5)13-19-12-9(20-13)4-8(16)11(18)10(12)17/h1-4H,18H2. The van der Waals surface area contributed by atoms with Crippen LogP contribution in [-0.4, -0.2) is 4.98 Å². The maximum Gasteiger partial charge on any atom is 0.228 e. The molecular weight excluding hydrogens is 342 g/mol. The molecule has 0 fully saturated rings. The molecule has 0 bridgehead atoms. The Morgan fingerprint density at radius 3 is 2.45 bits per heavy atom. The zero-order valence-electron chi connectivity index (χ0n) is 9.75. The summed E-state index contributed by atoms with van der Waals surface area (Å²) in [4.78, 5) is 4.31. The van der Waals surface area contributed by atoms with Crippen LogP contribution in [0.15, 0.2) is 28.7 Å². The molecule has 102 valence electrons. The number of fused-ring (bicyclic) bond motifs is 1. The highest BCUT2D eigenvalue weighted by Crippen LogP contribution is 2.38. The van der Waals surface area contributed by atoms with Crippen molar-refractivity contribution in [2.45, 2.75) is 0 Å². The van der Waals surface area contributed by atoms with Crippen LogP contribution in [0.1, 0.15) is 0 Å². The second-order valence-electron chi connectivity index (χ2n) is 4.08. The summed E-state index contributed by atoms with van der Waals surface area (Å²) in [6, 6.07) is 6.59. The second-order valence-corrected chi connectivity index (χ2v) is 5.70. The van der Waals surface area contributed by atoms with Crippen LogP contribution in [0.25, 0.3) is 22.6 Å². The Labute approximate surface area is 134 Å². The van der Waals surface area contributed by atoms with Crippen LogP contribution in [0, 0.1) is 0 Å². The average molecular weight is 348 g/mol. The minimum atomic E-state index is 0.257. The fourth-order valence-electron chi connectivity index (χ4n) is 1.79. The van der Waals surface area contributed by atoms with Crippen molar-refractivity contribution >= 4 is 63.2 Å². The van der Waals surface area contributed by atoms with Gasteiger partial charge in [-0.2, -0.15) is 0 Å². The van der Waals surface area contributed by atoms with Gasteiger partial charge >= 0.3 is 0 Å². The summed E-state index contributed by atoms with van der Waals surface area (Å²) in [7, 11) is 0. The lowest BCUT2D eigenvalue weighted by Gasteiger charge is -1.99. The number of rotatable bonds is 1. The van der Waals surface area contributed by atoms with E-state index in [9.17, 15) is 0 Å². The third-order valence-corrected chi connectivity index (χ3v) is 4.02. The number of nitrogens with two attached hydrogens (primary N) is 1. The van der Waals surface area contributed by atoms with Gasteiger partial charge < -0.3 is 10.2 Å². The Kier molecular flexibility index (Phi) is 3.46. The van der Waals surface area contributed by atoms with Crippen molar-refractivity contribution in [1.29, 1.82) is 0 Å². The molecule has 0 aliphatic heterocycles. The summed E-state index contributed by atoms with van der Waals surface area (Å²) in [5.41, 5.74) is 7.51. The normalized spacial score (nSPS) is 11.2. The van der Waals surface area contributed by atoms with Gasteiger partial charge in [0, 0.05) is 11.1 Å². The number of hydrogen-bond acceptors (Lipinski definition) is 3. The quantitative estimate of drug-likeness (QED) is 0.575. The SMILES string of the molecule is Nc1c(Cl)cc2oc(-c3ccc(Cl)cc3Cl)nc2c1Cl. The topological polar surface area (TPSA) is 52.0 Å². The van der Waals surface area contributed by atoms with Crippen molar-refractivity contribution in [2.75, 3.05) is 5.73 Å². The first-order valence-electron chi connectivity index (χ1n) is 5.47. The lowest BCUT2D eigenvalue weighted by molar-refractivity contribution is 0.620. The number of hydrogen-bond donors (Lipinski definition) is 1. The zero-order chi connectivity index (χ0) is 14.4. The third-order valence-electron chi connectivity index (χ3n) is 2.77. The van der Waals surface area contributed by atoms with Crippen LogP contribution >= 0.6 is 46.4 Å². The lowest BCUT2D eigenvalue weighted by atomic mass is 10.2. The van der Waals surface area contributed by atoms with Gasteiger partial charge in [-0.05, 0) is 18.2 Å². The van der Waals surface area contributed by atoms with Crippen LogP contribution in [0.4, 0.5) is 5.69 Å². The zero-order valence-corrected chi connectivity index (χ0v) is 12.8. The number of benzene rings is 2. The highest BCUT2D eigenvalue weighted by molar-refractivity contribution is 6.42. The predicted molar refractivity (Wildman–Crippen MR) is 83.9 cm³/mol. The summed E-state index contributed by atoms with van der Waals surface area (Å²) in [6.45, 7) is 0. The molecular formula is C13H6Cl4N2O. The molecule has 0 amide bonds. The number of anilines is 1. The largest absolute Gasteiger partial charge is 0.436 e. The van der Waals surface area contributed by atoms with Crippen LogP contribution in [0.2, 0.25) is 20.1 Å². The van der Waals surface area contributed by atoms with Crippen molar-refractivity contribution in [3.63, 3.8) is 0 Å². The van der Waals surface area contributed by atoms with E-state index < -0.39 is 0 Å². The molecule has 2 aromatic carbocycles. The average Bonchev–Trinajstić information content (AvgIpc) is 2.80. The number of halogens is 4. The van der Waals surface area contributed by atoms with Gasteiger partial charge in [-0.15, -0.1) is 0 Å². The Balaban J connectivity index is 2.26. The van der Waals surface area contributed by atoms with E-state index in [1.165, 1.54) is 0 Å². The first kappa shape index (κ1) is 13.8. The number of nitrogens with zero attached hydrogens (tertiary/aromatic N) is 1. The Morgan fingerprint density at radius 1 is 1.00 bits per heavy atom. The maximum absolute atomic E-state index is 6.13. The van der Waals surface area contributed by atoms with Crippen LogP contribution in [0.3, 0.4) is 0 Å². The number of nitrogen functional groups attached to an aromatic ring is 1. The van der Waals surface area contributed by atoms with E-state index in [-0.39, 0.29) is 10.7 Å². The van der Waals surface area contributed by atoms with E-state index in [0.29, 0.717) is 37.6 Å². The molecule has 0 unspecified atom stereocenters. The molecule has 1 heterocycles. The van der Waals surface area contributed by atoms with E-state index in [1.54, 1.807) is 24.3 Å². The van der Waals surface area contributed by atoms with Gasteiger partial charge in [0.1, 0.15) is 5.52 Å². The predicted octanol–water partition coefficient (Wildman–Crippen LogP) is 5.69. The van der Waals surface area contributed by atoms with E-state index in [2.05, 4.69) is 4.98 Å². The first-order chi connectivity index (χ1) is 9.47. The van der Waals surface area contributed by atoms with E-state index >= 15 is 0 Å². The third kappa shape index (κ3) is 2.21. The summed E-state index contributed by atoms with van der Waals surface area (Å²) < 4.78 is 5.63. The summed E-state index contributed by atoms with van der Waals surface area (Å²) in [6.07, 6.45) is 0. The van der Waals surface area contributed by atoms with Gasteiger partial charge in [0.05, 0.1) is 26.3 Å². The molecule has 0 radical (unpaired) electrons. The molecule has 1 aromatic heterocycles. The van der Waals surface area contributed by atoms with Crippen molar-refractivity contribution in [2.24, 2.45) is 0 Å². The second kappa shape index (κ2) is 5.01. The van der Waals surface area contributed by atoms with Gasteiger partial charge in [0.2, 0.25) is 5.89 Å².